The fourth-order valence-electron chi connectivity index (χ4n) is 2.89. The van der Waals surface area contributed by atoms with E-state index in [1.54, 1.807) is 12.1 Å². The molecule has 0 aliphatic carbocycles. The molecule has 6 nitrogen and oxygen atoms in total. The Morgan fingerprint density at radius 1 is 1.12 bits per heavy atom. The van der Waals surface area contributed by atoms with Gasteiger partial charge in [0.1, 0.15) is 5.82 Å². The maximum absolute atomic E-state index is 12.0. The first-order chi connectivity index (χ1) is 11.8. The van der Waals surface area contributed by atoms with Crippen LogP contribution in [0.4, 0.5) is 10.5 Å². The van der Waals surface area contributed by atoms with Crippen LogP contribution in [0.25, 0.3) is 10.9 Å². The van der Waals surface area contributed by atoms with Crippen molar-refractivity contribution in [1.29, 1.82) is 0 Å². The molecular formula is C18H16N4O2. The number of para-hydroxylation sites is 2. The van der Waals surface area contributed by atoms with Crippen LogP contribution in [0, 0.1) is 0 Å². The second kappa shape index (κ2) is 6.16. The van der Waals surface area contributed by atoms with Crippen LogP contribution >= 0.6 is 0 Å². The Bertz CT molecular complexity index is 964. The number of amides is 1. The van der Waals surface area contributed by atoms with Gasteiger partial charge in [-0.2, -0.15) is 0 Å². The first kappa shape index (κ1) is 14.4. The van der Waals surface area contributed by atoms with E-state index in [2.05, 4.69) is 15.5 Å². The van der Waals surface area contributed by atoms with E-state index in [0.29, 0.717) is 11.2 Å². The summed E-state index contributed by atoms with van der Waals surface area (Å²) in [7, 11) is 0. The summed E-state index contributed by atoms with van der Waals surface area (Å²) in [4.78, 5) is 21.7. The summed E-state index contributed by atoms with van der Waals surface area (Å²) in [5, 5.41) is 7.63. The standard InChI is InChI=1S/C18H16N4O2/c23-18(19-13-7-2-1-3-8-13)24-21-17-14-9-4-5-10-15(14)20-16-11-6-12-22(16)17/h1-5,7-10H,6,11-12H2,(H,19,23)/b21-17+. The molecule has 1 aliphatic heterocycles. The van der Waals surface area contributed by atoms with Crippen LogP contribution in [-0.2, 0) is 17.8 Å². The van der Waals surface area contributed by atoms with E-state index in [4.69, 9.17) is 4.84 Å². The Kier molecular flexibility index (Phi) is 3.70. The molecule has 120 valence electrons. The van der Waals surface area contributed by atoms with Crippen LogP contribution in [0.15, 0.2) is 59.8 Å². The molecule has 0 unspecified atom stereocenters. The van der Waals surface area contributed by atoms with Crippen molar-refractivity contribution in [2.45, 2.75) is 19.4 Å². The van der Waals surface area contributed by atoms with E-state index in [9.17, 15) is 4.79 Å². The molecular weight excluding hydrogens is 304 g/mol. The van der Waals surface area contributed by atoms with E-state index in [-0.39, 0.29) is 0 Å². The van der Waals surface area contributed by atoms with E-state index in [1.807, 2.05) is 47.0 Å². The maximum Gasteiger partial charge on any atom is 0.437 e. The molecule has 0 bridgehead atoms. The molecule has 0 fully saturated rings. The number of hydrogen-bond acceptors (Lipinski definition) is 4. The number of hydrogen-bond donors (Lipinski definition) is 1. The third-order valence-electron chi connectivity index (χ3n) is 3.98. The highest BCUT2D eigenvalue weighted by atomic mass is 16.7. The number of aromatic nitrogens is 2. The van der Waals surface area contributed by atoms with Crippen LogP contribution in [-0.4, -0.2) is 15.6 Å². The first-order valence-corrected chi connectivity index (χ1v) is 7.87. The molecule has 24 heavy (non-hydrogen) atoms. The Balaban J connectivity index is 1.68. The minimum absolute atomic E-state index is 0.616. The van der Waals surface area contributed by atoms with E-state index in [0.717, 1.165) is 36.1 Å². The molecule has 1 N–H and O–H groups in total. The summed E-state index contributed by atoms with van der Waals surface area (Å²) in [6, 6.07) is 16.9. The highest BCUT2D eigenvalue weighted by molar-refractivity contribution is 5.84. The van der Waals surface area contributed by atoms with Crippen molar-refractivity contribution in [2.24, 2.45) is 5.16 Å². The minimum atomic E-state index is -0.616. The highest BCUT2D eigenvalue weighted by Gasteiger charge is 2.15. The quantitative estimate of drug-likeness (QED) is 0.583. The Hall–Kier alpha value is -3.15. The molecule has 1 aromatic heterocycles. The fraction of sp³-hybridized carbons (Fsp3) is 0.167. The van der Waals surface area contributed by atoms with Gasteiger partial charge < -0.3 is 4.57 Å². The molecule has 0 spiro atoms. The van der Waals surface area contributed by atoms with Crippen molar-refractivity contribution in [3.05, 3.63) is 65.9 Å². The average Bonchev–Trinajstić information content (AvgIpc) is 3.07. The zero-order valence-electron chi connectivity index (χ0n) is 13.0. The summed E-state index contributed by atoms with van der Waals surface area (Å²) in [6.07, 6.45) is 1.31. The molecule has 0 radical (unpaired) electrons. The van der Waals surface area contributed by atoms with Crippen molar-refractivity contribution >= 4 is 22.7 Å². The van der Waals surface area contributed by atoms with Gasteiger partial charge >= 0.3 is 6.09 Å². The maximum atomic E-state index is 12.0. The molecule has 0 saturated carbocycles. The Labute approximate surface area is 138 Å². The third kappa shape index (κ3) is 2.74. The van der Waals surface area contributed by atoms with Gasteiger partial charge in [-0.05, 0) is 30.7 Å². The predicted molar refractivity (Wildman–Crippen MR) is 90.2 cm³/mol. The second-order valence-electron chi connectivity index (χ2n) is 5.59. The zero-order valence-corrected chi connectivity index (χ0v) is 13.0. The number of nitrogens with zero attached hydrogens (tertiary/aromatic N) is 3. The lowest BCUT2D eigenvalue weighted by atomic mass is 10.2. The molecule has 4 rings (SSSR count). The van der Waals surface area contributed by atoms with Crippen molar-refractivity contribution in [1.82, 2.24) is 9.55 Å². The number of nitrogens with one attached hydrogen (secondary N) is 1. The second-order valence-corrected chi connectivity index (χ2v) is 5.59. The van der Waals surface area contributed by atoms with Crippen LogP contribution in [0.5, 0.6) is 0 Å². The molecule has 0 atom stereocenters. The van der Waals surface area contributed by atoms with Gasteiger partial charge in [-0.25, -0.2) is 9.78 Å². The third-order valence-corrected chi connectivity index (χ3v) is 3.98. The van der Waals surface area contributed by atoms with Crippen LogP contribution in [0.1, 0.15) is 12.2 Å². The van der Waals surface area contributed by atoms with Gasteiger partial charge in [0, 0.05) is 24.0 Å². The summed E-state index contributed by atoms with van der Waals surface area (Å²) < 4.78 is 2.01. The van der Waals surface area contributed by atoms with Gasteiger partial charge in [0.2, 0.25) is 0 Å². The number of aryl methyl sites for hydroxylation is 1. The van der Waals surface area contributed by atoms with Gasteiger partial charge in [0.25, 0.3) is 0 Å². The number of benzene rings is 2. The van der Waals surface area contributed by atoms with E-state index < -0.39 is 6.09 Å². The zero-order chi connectivity index (χ0) is 16.4. The molecule has 2 aromatic carbocycles. The van der Waals surface area contributed by atoms with Crippen molar-refractivity contribution in [2.75, 3.05) is 5.32 Å². The summed E-state index contributed by atoms with van der Waals surface area (Å²) in [6.45, 7) is 0.829. The lowest BCUT2D eigenvalue weighted by Gasteiger charge is -2.07. The Morgan fingerprint density at radius 3 is 2.79 bits per heavy atom. The first-order valence-electron chi connectivity index (χ1n) is 7.87. The molecule has 1 aliphatic rings. The number of anilines is 1. The van der Waals surface area contributed by atoms with Gasteiger partial charge in [-0.3, -0.25) is 10.2 Å². The van der Waals surface area contributed by atoms with Crippen molar-refractivity contribution in [3.8, 4) is 0 Å². The van der Waals surface area contributed by atoms with E-state index >= 15 is 0 Å². The molecule has 2 heterocycles. The van der Waals surface area contributed by atoms with Gasteiger partial charge in [-0.15, -0.1) is 0 Å². The van der Waals surface area contributed by atoms with Crippen LogP contribution in [0.2, 0.25) is 0 Å². The normalized spacial score (nSPS) is 13.8. The SMILES string of the molecule is O=C(Nc1ccccc1)O/N=c1\c2ccccc2nc2n1CCC2. The fourth-order valence-corrected chi connectivity index (χ4v) is 2.89. The lowest BCUT2D eigenvalue weighted by Crippen LogP contribution is -2.24. The molecule has 3 aromatic rings. The minimum Gasteiger partial charge on any atom is -0.311 e. The number of carbonyl (C=O) groups is 1. The summed E-state index contributed by atoms with van der Waals surface area (Å²) in [5.74, 6) is 0.972. The number of fused-ring (bicyclic) bond motifs is 2. The number of carbonyl (C=O) groups excluding carboxylic acids is 1. The van der Waals surface area contributed by atoms with Crippen molar-refractivity contribution in [3.63, 3.8) is 0 Å². The van der Waals surface area contributed by atoms with Gasteiger partial charge in [-0.1, -0.05) is 35.5 Å². The summed E-state index contributed by atoms with van der Waals surface area (Å²) >= 11 is 0. The average molecular weight is 320 g/mol. The molecule has 6 heteroatoms. The van der Waals surface area contributed by atoms with Gasteiger partial charge in [0.15, 0.2) is 5.49 Å². The topological polar surface area (TPSA) is 68.5 Å². The van der Waals surface area contributed by atoms with E-state index in [1.165, 1.54) is 0 Å². The largest absolute Gasteiger partial charge is 0.437 e. The smallest absolute Gasteiger partial charge is 0.311 e. The van der Waals surface area contributed by atoms with Crippen LogP contribution in [0.3, 0.4) is 0 Å². The lowest BCUT2D eigenvalue weighted by molar-refractivity contribution is 0.160. The number of rotatable bonds is 2. The van der Waals surface area contributed by atoms with Crippen molar-refractivity contribution < 1.29 is 9.63 Å². The van der Waals surface area contributed by atoms with Gasteiger partial charge in [0.05, 0.1) is 5.52 Å². The molecule has 1 amide bonds. The van der Waals surface area contributed by atoms with Crippen LogP contribution < -0.4 is 10.8 Å². The summed E-state index contributed by atoms with van der Waals surface area (Å²) in [5.41, 5.74) is 2.16. The monoisotopic (exact) mass is 320 g/mol. The Morgan fingerprint density at radius 2 is 1.92 bits per heavy atom. The predicted octanol–water partition coefficient (Wildman–Crippen LogP) is 3.05. The molecule has 0 saturated heterocycles. The highest BCUT2D eigenvalue weighted by Crippen LogP contribution is 2.14.